The topological polar surface area (TPSA) is 95.6 Å². The van der Waals surface area contributed by atoms with Crippen LogP contribution in [0.1, 0.15) is 0 Å². The van der Waals surface area contributed by atoms with Crippen molar-refractivity contribution in [2.24, 2.45) is 5.73 Å². The van der Waals surface area contributed by atoms with E-state index in [2.05, 4.69) is 0 Å². The molecule has 1 unspecified atom stereocenters. The molecule has 0 aromatic carbocycles. The summed E-state index contributed by atoms with van der Waals surface area (Å²) in [6.07, 6.45) is -2.10. The number of hydrogen-bond donors (Lipinski definition) is 4. The van der Waals surface area contributed by atoms with Crippen molar-refractivity contribution in [2.45, 2.75) is 6.17 Å². The molecule has 0 aromatic heterocycles. The number of nitrogens with one attached hydrogen (secondary N) is 1. The van der Waals surface area contributed by atoms with Gasteiger partial charge in [-0.3, -0.25) is 0 Å². The summed E-state index contributed by atoms with van der Waals surface area (Å²) in [7, 11) is 0. The molecule has 0 radical (unpaired) electrons. The molecule has 5 nitrogen and oxygen atoms in total. The van der Waals surface area contributed by atoms with Gasteiger partial charge in [-0.15, -0.1) is 0 Å². The van der Waals surface area contributed by atoms with Crippen molar-refractivity contribution < 1.29 is 15.0 Å². The van der Waals surface area contributed by atoms with E-state index in [4.69, 9.17) is 15.9 Å². The van der Waals surface area contributed by atoms with Gasteiger partial charge in [-0.1, -0.05) is 0 Å². The molecule has 0 aromatic rings. The maximum Gasteiger partial charge on any atom is 0.405 e. The Bertz CT molecular complexity index is 84.6. The van der Waals surface area contributed by atoms with E-state index in [1.54, 1.807) is 0 Å². The molecular formula is C3H8N2O3. The van der Waals surface area contributed by atoms with Crippen LogP contribution in [0.2, 0.25) is 0 Å². The first-order valence-electron chi connectivity index (χ1n) is 2.02. The van der Waals surface area contributed by atoms with E-state index in [1.807, 2.05) is 5.32 Å². The second-order valence-corrected chi connectivity index (χ2v) is 1.24. The van der Waals surface area contributed by atoms with E-state index >= 15 is 0 Å². The van der Waals surface area contributed by atoms with Crippen LogP contribution in [0, 0.1) is 0 Å². The predicted octanol–water partition coefficient (Wildman–Crippen LogP) is -1.47. The number of rotatable bonds is 2. The minimum atomic E-state index is -1.23. The number of carbonyl (C=O) groups is 1. The van der Waals surface area contributed by atoms with Gasteiger partial charge in [0.2, 0.25) is 0 Å². The molecular weight excluding hydrogens is 112 g/mol. The summed E-state index contributed by atoms with van der Waals surface area (Å²) in [6, 6.07) is 0. The minimum absolute atomic E-state index is 0.383. The fourth-order valence-electron chi connectivity index (χ4n) is 0.204. The van der Waals surface area contributed by atoms with Crippen molar-refractivity contribution in [2.75, 3.05) is 6.61 Å². The number of hydrogen-bond acceptors (Lipinski definition) is 3. The Hall–Kier alpha value is -0.810. The van der Waals surface area contributed by atoms with E-state index in [0.717, 1.165) is 0 Å². The van der Waals surface area contributed by atoms with Crippen LogP contribution in [0.3, 0.4) is 0 Å². The zero-order valence-corrected chi connectivity index (χ0v) is 4.16. The molecule has 0 aliphatic heterocycles. The first-order chi connectivity index (χ1) is 3.66. The number of amides is 1. The Balaban J connectivity index is 3.24. The average Bonchev–Trinajstić information content (AvgIpc) is 1.65. The van der Waals surface area contributed by atoms with Crippen LogP contribution >= 0.6 is 0 Å². The van der Waals surface area contributed by atoms with Crippen molar-refractivity contribution in [1.29, 1.82) is 0 Å². The normalized spacial score (nSPS) is 12.8. The first kappa shape index (κ1) is 7.19. The lowest BCUT2D eigenvalue weighted by molar-refractivity contribution is 0.178. The van der Waals surface area contributed by atoms with E-state index in [-0.39, 0.29) is 6.61 Å². The molecule has 0 spiro atoms. The van der Waals surface area contributed by atoms with Crippen LogP contribution in [0.25, 0.3) is 0 Å². The first-order valence-corrected chi connectivity index (χ1v) is 2.02. The third-order valence-corrected chi connectivity index (χ3v) is 0.506. The predicted molar refractivity (Wildman–Crippen MR) is 26.2 cm³/mol. The number of nitrogens with two attached hydrogens (primary N) is 1. The second-order valence-electron chi connectivity index (χ2n) is 1.24. The summed E-state index contributed by atoms with van der Waals surface area (Å²) < 4.78 is 0. The van der Waals surface area contributed by atoms with Crippen LogP contribution in [-0.4, -0.2) is 29.1 Å². The minimum Gasteiger partial charge on any atom is -0.465 e. The molecule has 5 N–H and O–H groups in total. The summed E-state index contributed by atoms with van der Waals surface area (Å²) in [5.41, 5.74) is 4.93. The van der Waals surface area contributed by atoms with Crippen molar-refractivity contribution in [1.82, 2.24) is 5.32 Å². The van der Waals surface area contributed by atoms with Crippen LogP contribution in [-0.2, 0) is 0 Å². The summed E-state index contributed by atoms with van der Waals surface area (Å²) in [6.45, 7) is -0.383. The molecule has 0 heterocycles. The van der Waals surface area contributed by atoms with E-state index < -0.39 is 12.3 Å². The van der Waals surface area contributed by atoms with Crippen molar-refractivity contribution in [3.8, 4) is 0 Å². The molecule has 0 rings (SSSR count). The smallest absolute Gasteiger partial charge is 0.405 e. The summed E-state index contributed by atoms with van der Waals surface area (Å²) in [5, 5.41) is 17.9. The van der Waals surface area contributed by atoms with Crippen LogP contribution in [0.15, 0.2) is 0 Å². The largest absolute Gasteiger partial charge is 0.465 e. The van der Waals surface area contributed by atoms with E-state index in [9.17, 15) is 4.79 Å². The van der Waals surface area contributed by atoms with Gasteiger partial charge in [0.1, 0.15) is 6.17 Å². The van der Waals surface area contributed by atoms with Crippen molar-refractivity contribution >= 4 is 6.09 Å². The van der Waals surface area contributed by atoms with Crippen LogP contribution < -0.4 is 11.1 Å². The fraction of sp³-hybridized carbons (Fsp3) is 0.667. The number of aliphatic hydroxyl groups is 1. The molecule has 48 valence electrons. The van der Waals surface area contributed by atoms with Crippen molar-refractivity contribution in [3.05, 3.63) is 0 Å². The highest BCUT2D eigenvalue weighted by atomic mass is 16.4. The lowest BCUT2D eigenvalue weighted by Crippen LogP contribution is -2.43. The molecule has 5 heteroatoms. The lowest BCUT2D eigenvalue weighted by atomic mass is 10.6. The molecule has 0 aliphatic carbocycles. The quantitative estimate of drug-likeness (QED) is 0.334. The van der Waals surface area contributed by atoms with E-state index in [0.29, 0.717) is 0 Å². The van der Waals surface area contributed by atoms with Gasteiger partial charge in [0, 0.05) is 0 Å². The van der Waals surface area contributed by atoms with Crippen molar-refractivity contribution in [3.63, 3.8) is 0 Å². The molecule has 1 atom stereocenters. The SMILES string of the molecule is NC(CO)NC(=O)O. The highest BCUT2D eigenvalue weighted by Crippen LogP contribution is 1.66. The molecule has 0 bridgehead atoms. The Labute approximate surface area is 46.1 Å². The monoisotopic (exact) mass is 120 g/mol. The molecule has 0 saturated heterocycles. The average molecular weight is 120 g/mol. The lowest BCUT2D eigenvalue weighted by Gasteiger charge is -2.04. The molecule has 0 saturated carbocycles. The standard InChI is InChI=1S/C3H8N2O3/c4-2(1-6)5-3(7)8/h2,5-6H,1,4H2,(H,7,8). The Morgan fingerprint density at radius 3 is 2.50 bits per heavy atom. The van der Waals surface area contributed by atoms with Gasteiger partial charge in [0.25, 0.3) is 0 Å². The molecule has 8 heavy (non-hydrogen) atoms. The number of aliphatic hydroxyl groups excluding tert-OH is 1. The van der Waals surface area contributed by atoms with Gasteiger partial charge >= 0.3 is 6.09 Å². The Morgan fingerprint density at radius 2 is 2.38 bits per heavy atom. The van der Waals surface area contributed by atoms with Crippen LogP contribution in [0.5, 0.6) is 0 Å². The zero-order valence-electron chi connectivity index (χ0n) is 4.16. The highest BCUT2D eigenvalue weighted by molar-refractivity contribution is 5.64. The maximum absolute atomic E-state index is 9.67. The molecule has 0 aliphatic rings. The summed E-state index contributed by atoms with van der Waals surface area (Å²) in [4.78, 5) is 9.67. The van der Waals surface area contributed by atoms with Gasteiger partial charge in [-0.05, 0) is 0 Å². The van der Waals surface area contributed by atoms with E-state index in [1.165, 1.54) is 0 Å². The number of carboxylic acid groups (broad SMARTS) is 1. The Morgan fingerprint density at radius 1 is 1.88 bits per heavy atom. The van der Waals surface area contributed by atoms with Gasteiger partial charge in [0.15, 0.2) is 0 Å². The van der Waals surface area contributed by atoms with Gasteiger partial charge in [0.05, 0.1) is 6.61 Å². The van der Waals surface area contributed by atoms with Gasteiger partial charge in [-0.25, -0.2) is 4.79 Å². The molecule has 0 fully saturated rings. The van der Waals surface area contributed by atoms with Gasteiger partial charge in [-0.2, -0.15) is 0 Å². The fourth-order valence-corrected chi connectivity index (χ4v) is 0.204. The summed E-state index contributed by atoms with van der Waals surface area (Å²) >= 11 is 0. The third kappa shape index (κ3) is 3.38. The second kappa shape index (κ2) is 3.23. The zero-order chi connectivity index (χ0) is 6.57. The Kier molecular flexibility index (Phi) is 2.90. The van der Waals surface area contributed by atoms with Gasteiger partial charge < -0.3 is 21.3 Å². The highest BCUT2D eigenvalue weighted by Gasteiger charge is 2.00. The van der Waals surface area contributed by atoms with Crippen LogP contribution in [0.4, 0.5) is 4.79 Å². The summed E-state index contributed by atoms with van der Waals surface area (Å²) in [5.74, 6) is 0. The molecule has 1 amide bonds. The third-order valence-electron chi connectivity index (χ3n) is 0.506. The maximum atomic E-state index is 9.67.